The van der Waals surface area contributed by atoms with Crippen LogP contribution in [-0.4, -0.2) is 55.3 Å². The van der Waals surface area contributed by atoms with Gasteiger partial charge in [-0.05, 0) is 31.0 Å². The van der Waals surface area contributed by atoms with Gasteiger partial charge in [0, 0.05) is 44.5 Å². The number of benzene rings is 1. The van der Waals surface area contributed by atoms with Gasteiger partial charge in [0.15, 0.2) is 5.96 Å². The Morgan fingerprint density at radius 3 is 2.55 bits per heavy atom. The molecule has 0 amide bonds. The zero-order valence-corrected chi connectivity index (χ0v) is 20.8. The van der Waals surface area contributed by atoms with Crippen molar-refractivity contribution in [2.75, 3.05) is 39.5 Å². The lowest BCUT2D eigenvalue weighted by atomic mass is 10.1. The maximum absolute atomic E-state index is 5.61. The number of aliphatic imine (C=N–C) groups is 1. The van der Waals surface area contributed by atoms with Gasteiger partial charge in [-0.3, -0.25) is 4.90 Å². The normalized spacial score (nSPS) is 14.6. The monoisotopic (exact) mass is 539 g/mol. The third kappa shape index (κ3) is 8.27. The van der Waals surface area contributed by atoms with E-state index < -0.39 is 0 Å². The minimum Gasteiger partial charge on any atom is -0.478 e. The smallest absolute Gasteiger partial charge is 0.218 e. The summed E-state index contributed by atoms with van der Waals surface area (Å²) in [5, 5.41) is 6.80. The molecular weight excluding hydrogens is 505 g/mol. The van der Waals surface area contributed by atoms with E-state index in [1.807, 2.05) is 19.1 Å². The summed E-state index contributed by atoms with van der Waals surface area (Å²) in [4.78, 5) is 11.5. The molecule has 0 unspecified atom stereocenters. The molecule has 2 N–H and O–H groups in total. The predicted molar refractivity (Wildman–Crippen MR) is 135 cm³/mol. The third-order valence-corrected chi connectivity index (χ3v) is 4.95. The van der Waals surface area contributed by atoms with E-state index in [4.69, 9.17) is 14.5 Å². The molecule has 1 saturated heterocycles. The van der Waals surface area contributed by atoms with Gasteiger partial charge in [-0.2, -0.15) is 0 Å². The first-order valence-corrected chi connectivity index (χ1v) is 10.8. The van der Waals surface area contributed by atoms with Gasteiger partial charge in [-0.25, -0.2) is 9.98 Å². The lowest BCUT2D eigenvalue weighted by molar-refractivity contribution is 0.0341. The van der Waals surface area contributed by atoms with Crippen LogP contribution in [0.25, 0.3) is 0 Å². The lowest BCUT2D eigenvalue weighted by Gasteiger charge is -2.27. The van der Waals surface area contributed by atoms with Crippen LogP contribution >= 0.6 is 24.0 Å². The first-order chi connectivity index (χ1) is 14.8. The molecule has 1 aliphatic rings. The quantitative estimate of drug-likeness (QED) is 0.290. The number of guanidine groups is 1. The van der Waals surface area contributed by atoms with E-state index in [0.29, 0.717) is 19.0 Å². The highest BCUT2D eigenvalue weighted by atomic mass is 127. The highest BCUT2D eigenvalue weighted by Gasteiger charge is 2.13. The van der Waals surface area contributed by atoms with Crippen molar-refractivity contribution in [3.8, 4) is 5.88 Å². The van der Waals surface area contributed by atoms with Crippen LogP contribution in [0.15, 0.2) is 47.6 Å². The highest BCUT2D eigenvalue weighted by molar-refractivity contribution is 14.0. The first kappa shape index (κ1) is 25.4. The van der Waals surface area contributed by atoms with Crippen LogP contribution in [0.1, 0.15) is 30.5 Å². The molecule has 1 aliphatic heterocycles. The van der Waals surface area contributed by atoms with E-state index >= 15 is 0 Å². The molecule has 3 rings (SSSR count). The number of morpholine rings is 1. The Labute approximate surface area is 202 Å². The molecule has 8 heteroatoms. The third-order valence-electron chi connectivity index (χ3n) is 4.95. The maximum atomic E-state index is 5.61. The van der Waals surface area contributed by atoms with Crippen LogP contribution in [0.5, 0.6) is 5.88 Å². The van der Waals surface area contributed by atoms with Crippen molar-refractivity contribution in [2.45, 2.75) is 33.5 Å². The maximum Gasteiger partial charge on any atom is 0.218 e. The Morgan fingerprint density at radius 2 is 1.81 bits per heavy atom. The fraction of sp³-hybridized carbons (Fsp3) is 0.478. The van der Waals surface area contributed by atoms with Gasteiger partial charge in [0.05, 0.1) is 26.4 Å². The summed E-state index contributed by atoms with van der Waals surface area (Å²) in [7, 11) is 0. The zero-order valence-electron chi connectivity index (χ0n) is 18.5. The van der Waals surface area contributed by atoms with E-state index in [0.717, 1.165) is 57.5 Å². The topological polar surface area (TPSA) is 71.0 Å². The van der Waals surface area contributed by atoms with Gasteiger partial charge in [0.1, 0.15) is 0 Å². The Bertz CT molecular complexity index is 812. The molecule has 1 aromatic heterocycles. The lowest BCUT2D eigenvalue weighted by Crippen LogP contribution is -2.38. The van der Waals surface area contributed by atoms with E-state index in [1.54, 1.807) is 6.20 Å². The fourth-order valence-corrected chi connectivity index (χ4v) is 3.38. The van der Waals surface area contributed by atoms with Crippen molar-refractivity contribution < 1.29 is 9.47 Å². The summed E-state index contributed by atoms with van der Waals surface area (Å²) >= 11 is 0. The molecule has 0 atom stereocenters. The van der Waals surface area contributed by atoms with E-state index in [9.17, 15) is 0 Å². The summed E-state index contributed by atoms with van der Waals surface area (Å²) in [5.74, 6) is 1.43. The summed E-state index contributed by atoms with van der Waals surface area (Å²) in [6.45, 7) is 11.2. The van der Waals surface area contributed by atoms with Gasteiger partial charge in [0.25, 0.3) is 0 Å². The van der Waals surface area contributed by atoms with Crippen molar-refractivity contribution in [2.24, 2.45) is 4.99 Å². The molecule has 1 fully saturated rings. The molecule has 0 saturated carbocycles. The Kier molecular flexibility index (Phi) is 11.6. The molecule has 7 nitrogen and oxygen atoms in total. The molecule has 31 heavy (non-hydrogen) atoms. The molecule has 1 aromatic carbocycles. The number of ether oxygens (including phenoxy) is 2. The largest absolute Gasteiger partial charge is 0.478 e. The number of nitrogens with one attached hydrogen (secondary N) is 2. The summed E-state index contributed by atoms with van der Waals surface area (Å²) in [6.07, 6.45) is 1.74. The molecule has 170 valence electrons. The zero-order chi connectivity index (χ0) is 21.0. The van der Waals surface area contributed by atoms with Crippen molar-refractivity contribution in [3.63, 3.8) is 0 Å². The van der Waals surface area contributed by atoms with Crippen molar-refractivity contribution >= 4 is 29.9 Å². The SMILES string of the molecule is CCNC(=NCc1cccnc1OCC)NCc1ccccc1CN1CCOCC1.I. The van der Waals surface area contributed by atoms with Crippen LogP contribution in [0, 0.1) is 0 Å². The minimum atomic E-state index is 0. The van der Waals surface area contributed by atoms with E-state index in [1.165, 1.54) is 11.1 Å². The number of hydrogen-bond acceptors (Lipinski definition) is 5. The van der Waals surface area contributed by atoms with E-state index in [-0.39, 0.29) is 24.0 Å². The number of halogens is 1. The fourth-order valence-electron chi connectivity index (χ4n) is 3.38. The Balaban J connectivity index is 0.00000341. The van der Waals surface area contributed by atoms with Crippen molar-refractivity contribution in [1.82, 2.24) is 20.5 Å². The minimum absolute atomic E-state index is 0. The Hall–Kier alpha value is -1.91. The van der Waals surface area contributed by atoms with Crippen LogP contribution < -0.4 is 15.4 Å². The second-order valence-electron chi connectivity index (χ2n) is 7.11. The first-order valence-electron chi connectivity index (χ1n) is 10.8. The molecule has 2 heterocycles. The van der Waals surface area contributed by atoms with E-state index in [2.05, 4.69) is 51.7 Å². The summed E-state index contributed by atoms with van der Waals surface area (Å²) in [5.41, 5.74) is 3.60. The van der Waals surface area contributed by atoms with Gasteiger partial charge in [-0.1, -0.05) is 30.3 Å². The van der Waals surface area contributed by atoms with Crippen molar-refractivity contribution in [1.29, 1.82) is 0 Å². The molecule has 0 spiro atoms. The van der Waals surface area contributed by atoms with Crippen LogP contribution in [0.4, 0.5) is 0 Å². The number of aromatic nitrogens is 1. The van der Waals surface area contributed by atoms with Crippen LogP contribution in [0.2, 0.25) is 0 Å². The molecular formula is C23H34IN5O2. The highest BCUT2D eigenvalue weighted by Crippen LogP contribution is 2.16. The Morgan fingerprint density at radius 1 is 1.06 bits per heavy atom. The van der Waals surface area contributed by atoms with Gasteiger partial charge < -0.3 is 20.1 Å². The number of pyridine rings is 1. The van der Waals surface area contributed by atoms with Crippen LogP contribution in [0.3, 0.4) is 0 Å². The van der Waals surface area contributed by atoms with Crippen molar-refractivity contribution in [3.05, 3.63) is 59.3 Å². The molecule has 0 bridgehead atoms. The standard InChI is InChI=1S/C23H33N5O2.HI/c1-3-24-23(27-17-20-10-7-11-25-22(20)30-4-2)26-16-19-8-5-6-9-21(19)18-28-12-14-29-15-13-28;/h5-11H,3-4,12-18H2,1-2H3,(H2,24,26,27);1H. The molecule has 0 aliphatic carbocycles. The van der Waals surface area contributed by atoms with Gasteiger partial charge in [0.2, 0.25) is 5.88 Å². The average Bonchev–Trinajstić information content (AvgIpc) is 2.78. The molecule has 0 radical (unpaired) electrons. The number of nitrogens with zero attached hydrogens (tertiary/aromatic N) is 3. The second kappa shape index (κ2) is 14.2. The second-order valence-corrected chi connectivity index (χ2v) is 7.11. The van der Waals surface area contributed by atoms with Gasteiger partial charge >= 0.3 is 0 Å². The molecule has 2 aromatic rings. The van der Waals surface area contributed by atoms with Gasteiger partial charge in [-0.15, -0.1) is 24.0 Å². The van der Waals surface area contributed by atoms with Crippen LogP contribution in [-0.2, 0) is 24.4 Å². The number of hydrogen-bond donors (Lipinski definition) is 2. The summed E-state index contributed by atoms with van der Waals surface area (Å²) in [6, 6.07) is 12.5. The predicted octanol–water partition coefficient (Wildman–Crippen LogP) is 3.19. The number of rotatable bonds is 9. The average molecular weight is 539 g/mol. The summed E-state index contributed by atoms with van der Waals surface area (Å²) < 4.78 is 11.1.